The van der Waals surface area contributed by atoms with E-state index < -0.39 is 11.7 Å². The average molecular weight is 343 g/mol. The molecule has 1 aromatic rings. The van der Waals surface area contributed by atoms with Crippen LogP contribution in [0, 0.1) is 0 Å². The summed E-state index contributed by atoms with van der Waals surface area (Å²) >= 11 is 0. The van der Waals surface area contributed by atoms with Crippen LogP contribution in [0.15, 0.2) is 24.3 Å². The van der Waals surface area contributed by atoms with Gasteiger partial charge in [0.25, 0.3) is 0 Å². The Morgan fingerprint density at radius 2 is 1.79 bits per heavy atom. The van der Waals surface area contributed by atoms with Gasteiger partial charge in [-0.1, -0.05) is 18.2 Å². The van der Waals surface area contributed by atoms with Crippen molar-refractivity contribution in [1.82, 2.24) is 14.7 Å². The Kier molecular flexibility index (Phi) is 6.23. The SMILES string of the molecule is CN1CCN(C(=O)CCN(C)Cc2ccccc2C(F)(F)F)CC1. The molecule has 4 nitrogen and oxygen atoms in total. The summed E-state index contributed by atoms with van der Waals surface area (Å²) in [6.45, 7) is 3.77. The van der Waals surface area contributed by atoms with Gasteiger partial charge in [-0.05, 0) is 25.7 Å². The first-order valence-electron chi connectivity index (χ1n) is 8.07. The van der Waals surface area contributed by atoms with Gasteiger partial charge in [-0.2, -0.15) is 13.2 Å². The molecule has 0 saturated carbocycles. The maximum atomic E-state index is 13.0. The molecule has 0 spiro atoms. The molecule has 1 aliphatic heterocycles. The van der Waals surface area contributed by atoms with Crippen LogP contribution in [-0.2, 0) is 17.5 Å². The third-order valence-electron chi connectivity index (χ3n) is 4.33. The molecule has 1 amide bonds. The highest BCUT2D eigenvalue weighted by Crippen LogP contribution is 2.32. The number of rotatable bonds is 5. The highest BCUT2D eigenvalue weighted by Gasteiger charge is 2.33. The molecule has 0 radical (unpaired) electrons. The summed E-state index contributed by atoms with van der Waals surface area (Å²) in [5.74, 6) is 0.0686. The Balaban J connectivity index is 1.86. The van der Waals surface area contributed by atoms with Gasteiger partial charge in [-0.3, -0.25) is 4.79 Å². The molecule has 2 rings (SSSR count). The molecule has 0 aliphatic carbocycles. The van der Waals surface area contributed by atoms with Gasteiger partial charge in [-0.15, -0.1) is 0 Å². The van der Waals surface area contributed by atoms with Gasteiger partial charge >= 0.3 is 6.18 Å². The molecule has 0 atom stereocenters. The van der Waals surface area contributed by atoms with Crippen LogP contribution in [-0.4, -0.2) is 67.4 Å². The Labute approximate surface area is 140 Å². The maximum Gasteiger partial charge on any atom is 0.416 e. The van der Waals surface area contributed by atoms with Crippen LogP contribution < -0.4 is 0 Å². The molecule has 1 heterocycles. The lowest BCUT2D eigenvalue weighted by molar-refractivity contribution is -0.138. The minimum Gasteiger partial charge on any atom is -0.340 e. The van der Waals surface area contributed by atoms with Crippen LogP contribution in [0.4, 0.5) is 13.2 Å². The summed E-state index contributed by atoms with van der Waals surface area (Å²) in [5.41, 5.74) is -0.373. The van der Waals surface area contributed by atoms with Crippen molar-refractivity contribution in [2.24, 2.45) is 0 Å². The van der Waals surface area contributed by atoms with Crippen molar-refractivity contribution in [2.75, 3.05) is 46.8 Å². The van der Waals surface area contributed by atoms with E-state index in [1.165, 1.54) is 12.1 Å². The van der Waals surface area contributed by atoms with Crippen LogP contribution in [0.25, 0.3) is 0 Å². The van der Waals surface area contributed by atoms with Gasteiger partial charge in [0.15, 0.2) is 0 Å². The van der Waals surface area contributed by atoms with E-state index in [4.69, 9.17) is 0 Å². The summed E-state index contributed by atoms with van der Waals surface area (Å²) in [5, 5.41) is 0. The van der Waals surface area contributed by atoms with Crippen molar-refractivity contribution >= 4 is 5.91 Å². The van der Waals surface area contributed by atoms with E-state index in [-0.39, 0.29) is 18.0 Å². The van der Waals surface area contributed by atoms with Crippen molar-refractivity contribution in [3.05, 3.63) is 35.4 Å². The lowest BCUT2D eigenvalue weighted by Gasteiger charge is -2.32. The Morgan fingerprint density at radius 3 is 2.42 bits per heavy atom. The van der Waals surface area contributed by atoms with E-state index in [2.05, 4.69) is 4.90 Å². The number of carbonyl (C=O) groups is 1. The van der Waals surface area contributed by atoms with Gasteiger partial charge < -0.3 is 14.7 Å². The smallest absolute Gasteiger partial charge is 0.340 e. The van der Waals surface area contributed by atoms with E-state index in [0.717, 1.165) is 32.2 Å². The average Bonchev–Trinajstić information content (AvgIpc) is 2.53. The number of benzene rings is 1. The summed E-state index contributed by atoms with van der Waals surface area (Å²) in [7, 11) is 3.76. The van der Waals surface area contributed by atoms with E-state index in [0.29, 0.717) is 13.0 Å². The number of hydrogen-bond donors (Lipinski definition) is 0. The second-order valence-corrected chi connectivity index (χ2v) is 6.33. The van der Waals surface area contributed by atoms with E-state index in [9.17, 15) is 18.0 Å². The van der Waals surface area contributed by atoms with Gasteiger partial charge in [-0.25, -0.2) is 0 Å². The third kappa shape index (κ3) is 5.21. The van der Waals surface area contributed by atoms with E-state index in [1.54, 1.807) is 18.0 Å². The summed E-state index contributed by atoms with van der Waals surface area (Å²) < 4.78 is 39.0. The summed E-state index contributed by atoms with van der Waals surface area (Å²) in [6.07, 6.45) is -4.03. The minimum absolute atomic E-state index is 0.0686. The number of piperazine rings is 1. The highest BCUT2D eigenvalue weighted by molar-refractivity contribution is 5.76. The van der Waals surface area contributed by atoms with Crippen molar-refractivity contribution in [3.63, 3.8) is 0 Å². The molecule has 0 aromatic heterocycles. The third-order valence-corrected chi connectivity index (χ3v) is 4.33. The number of amides is 1. The number of alkyl halides is 3. The van der Waals surface area contributed by atoms with Crippen LogP contribution in [0.2, 0.25) is 0 Å². The lowest BCUT2D eigenvalue weighted by Crippen LogP contribution is -2.47. The van der Waals surface area contributed by atoms with Gasteiger partial charge in [0.05, 0.1) is 5.56 Å². The first-order chi connectivity index (χ1) is 11.3. The molecule has 0 unspecified atom stereocenters. The number of hydrogen-bond acceptors (Lipinski definition) is 3. The van der Waals surface area contributed by atoms with Crippen LogP contribution in [0.1, 0.15) is 17.5 Å². The fourth-order valence-corrected chi connectivity index (χ4v) is 2.81. The predicted molar refractivity (Wildman–Crippen MR) is 86.5 cm³/mol. The molecule has 134 valence electrons. The van der Waals surface area contributed by atoms with E-state index >= 15 is 0 Å². The van der Waals surface area contributed by atoms with Gasteiger partial charge in [0.2, 0.25) is 5.91 Å². The second-order valence-electron chi connectivity index (χ2n) is 6.33. The first-order valence-corrected chi connectivity index (χ1v) is 8.07. The predicted octanol–water partition coefficient (Wildman–Crippen LogP) is 2.30. The largest absolute Gasteiger partial charge is 0.416 e. The van der Waals surface area contributed by atoms with Crippen molar-refractivity contribution in [3.8, 4) is 0 Å². The summed E-state index contributed by atoms with van der Waals surface area (Å²) in [4.78, 5) is 18.0. The number of likely N-dealkylation sites (N-methyl/N-ethyl adjacent to an activating group) is 1. The summed E-state index contributed by atoms with van der Waals surface area (Å²) in [6, 6.07) is 5.58. The van der Waals surface area contributed by atoms with E-state index in [1.807, 2.05) is 11.9 Å². The lowest BCUT2D eigenvalue weighted by atomic mass is 10.1. The zero-order valence-corrected chi connectivity index (χ0v) is 14.1. The van der Waals surface area contributed by atoms with Gasteiger partial charge in [0, 0.05) is 45.7 Å². The fourth-order valence-electron chi connectivity index (χ4n) is 2.81. The van der Waals surface area contributed by atoms with Crippen LogP contribution >= 0.6 is 0 Å². The Morgan fingerprint density at radius 1 is 1.17 bits per heavy atom. The quantitative estimate of drug-likeness (QED) is 0.821. The second kappa shape index (κ2) is 7.98. The zero-order chi connectivity index (χ0) is 17.7. The molecule has 7 heteroatoms. The molecule has 0 bridgehead atoms. The van der Waals surface area contributed by atoms with Crippen LogP contribution in [0.5, 0.6) is 0 Å². The standard InChI is InChI=1S/C17H24F3N3O/c1-21-9-11-23(12-10-21)16(24)7-8-22(2)13-14-5-3-4-6-15(14)17(18,19)20/h3-6H,7-13H2,1-2H3. The molecule has 1 saturated heterocycles. The molecule has 1 aromatic carbocycles. The fraction of sp³-hybridized carbons (Fsp3) is 0.588. The molecule has 0 N–H and O–H groups in total. The maximum absolute atomic E-state index is 13.0. The monoisotopic (exact) mass is 343 g/mol. The number of nitrogens with zero attached hydrogens (tertiary/aromatic N) is 3. The molecule has 1 aliphatic rings. The molecule has 24 heavy (non-hydrogen) atoms. The van der Waals surface area contributed by atoms with Crippen molar-refractivity contribution in [2.45, 2.75) is 19.1 Å². The number of halogens is 3. The Bertz CT molecular complexity index is 554. The number of carbonyl (C=O) groups excluding carboxylic acids is 1. The van der Waals surface area contributed by atoms with Crippen molar-refractivity contribution in [1.29, 1.82) is 0 Å². The molecular weight excluding hydrogens is 319 g/mol. The minimum atomic E-state index is -4.35. The molecule has 1 fully saturated rings. The zero-order valence-electron chi connectivity index (χ0n) is 14.1. The normalized spacial score (nSPS) is 16.7. The van der Waals surface area contributed by atoms with Crippen molar-refractivity contribution < 1.29 is 18.0 Å². The topological polar surface area (TPSA) is 26.8 Å². The molecular formula is C17H24F3N3O. The van der Waals surface area contributed by atoms with Gasteiger partial charge in [0.1, 0.15) is 0 Å². The Hall–Kier alpha value is -1.60. The first kappa shape index (κ1) is 18.7. The highest BCUT2D eigenvalue weighted by atomic mass is 19.4. The van der Waals surface area contributed by atoms with Crippen LogP contribution in [0.3, 0.4) is 0 Å².